The summed E-state index contributed by atoms with van der Waals surface area (Å²) in [6.45, 7) is 5.40. The Bertz CT molecular complexity index is 694. The molecule has 5 nitrogen and oxygen atoms in total. The molecule has 0 bridgehead atoms. The summed E-state index contributed by atoms with van der Waals surface area (Å²) in [5.74, 6) is 0.554. The van der Waals surface area contributed by atoms with E-state index in [9.17, 15) is 4.79 Å². The number of ether oxygens (including phenoxy) is 2. The third-order valence-electron chi connectivity index (χ3n) is 4.20. The first-order valence-corrected chi connectivity index (χ1v) is 8.69. The minimum absolute atomic E-state index is 0.00160. The molecular weight excluding hydrogens is 316 g/mol. The van der Waals surface area contributed by atoms with Crippen molar-refractivity contribution in [1.82, 2.24) is 0 Å². The molecule has 1 aliphatic rings. The van der Waals surface area contributed by atoms with Crippen LogP contribution in [0.25, 0.3) is 0 Å². The van der Waals surface area contributed by atoms with E-state index in [-0.39, 0.29) is 12.5 Å². The van der Waals surface area contributed by atoms with Gasteiger partial charge in [-0.15, -0.1) is 0 Å². The Morgan fingerprint density at radius 1 is 1.16 bits per heavy atom. The van der Waals surface area contributed by atoms with Crippen LogP contribution in [0.2, 0.25) is 0 Å². The number of carbonyl (C=O) groups is 1. The van der Waals surface area contributed by atoms with E-state index < -0.39 is 0 Å². The highest BCUT2D eigenvalue weighted by Crippen LogP contribution is 2.19. The lowest BCUT2D eigenvalue weighted by molar-refractivity contribution is -0.118. The van der Waals surface area contributed by atoms with Gasteiger partial charge < -0.3 is 19.7 Å². The highest BCUT2D eigenvalue weighted by Gasteiger charge is 2.11. The van der Waals surface area contributed by atoms with E-state index in [2.05, 4.69) is 17.1 Å². The molecule has 1 aliphatic heterocycles. The lowest BCUT2D eigenvalue weighted by atomic mass is 10.2. The van der Waals surface area contributed by atoms with Crippen LogP contribution in [-0.2, 0) is 16.0 Å². The summed E-state index contributed by atoms with van der Waals surface area (Å²) in [6, 6.07) is 15.7. The summed E-state index contributed by atoms with van der Waals surface area (Å²) in [5, 5.41) is 2.86. The Kier molecular flexibility index (Phi) is 5.90. The second-order valence-corrected chi connectivity index (χ2v) is 5.98. The van der Waals surface area contributed by atoms with E-state index in [1.807, 2.05) is 48.5 Å². The summed E-state index contributed by atoms with van der Waals surface area (Å²) in [5.41, 5.74) is 3.11. The standard InChI is InChI=1S/C20H24N2O3/c1-2-16-4-3-5-19(14-16)25-15-20(23)21-17-6-8-18(9-7-17)22-10-12-24-13-11-22/h3-9,14H,2,10-13,15H2,1H3,(H,21,23). The van der Waals surface area contributed by atoms with Gasteiger partial charge in [0.1, 0.15) is 5.75 Å². The van der Waals surface area contributed by atoms with E-state index in [1.54, 1.807) is 0 Å². The Balaban J connectivity index is 1.50. The molecule has 1 heterocycles. The molecule has 1 N–H and O–H groups in total. The monoisotopic (exact) mass is 340 g/mol. The van der Waals surface area contributed by atoms with Gasteiger partial charge in [0.2, 0.25) is 0 Å². The van der Waals surface area contributed by atoms with Gasteiger partial charge in [-0.2, -0.15) is 0 Å². The van der Waals surface area contributed by atoms with Gasteiger partial charge in [-0.3, -0.25) is 4.79 Å². The van der Waals surface area contributed by atoms with Gasteiger partial charge in [-0.1, -0.05) is 19.1 Å². The fraction of sp³-hybridized carbons (Fsp3) is 0.350. The van der Waals surface area contributed by atoms with E-state index in [0.717, 1.165) is 49.8 Å². The molecule has 5 heteroatoms. The number of hydrogen-bond donors (Lipinski definition) is 1. The van der Waals surface area contributed by atoms with E-state index in [1.165, 1.54) is 5.56 Å². The third kappa shape index (κ3) is 4.97. The first kappa shape index (κ1) is 17.3. The number of nitrogens with zero attached hydrogens (tertiary/aromatic N) is 1. The smallest absolute Gasteiger partial charge is 0.262 e. The first-order chi connectivity index (χ1) is 12.2. The molecule has 0 aromatic heterocycles. The first-order valence-electron chi connectivity index (χ1n) is 8.69. The second kappa shape index (κ2) is 8.53. The molecule has 0 atom stereocenters. The lowest BCUT2D eigenvalue weighted by Gasteiger charge is -2.28. The largest absolute Gasteiger partial charge is 0.484 e. The predicted molar refractivity (Wildman–Crippen MR) is 99.4 cm³/mol. The van der Waals surface area contributed by atoms with Crippen LogP contribution in [0.3, 0.4) is 0 Å². The number of nitrogens with one attached hydrogen (secondary N) is 1. The molecule has 0 saturated carbocycles. The van der Waals surface area contributed by atoms with Crippen molar-refractivity contribution >= 4 is 17.3 Å². The Morgan fingerprint density at radius 2 is 1.92 bits per heavy atom. The molecule has 25 heavy (non-hydrogen) atoms. The zero-order valence-electron chi connectivity index (χ0n) is 14.5. The second-order valence-electron chi connectivity index (χ2n) is 5.98. The van der Waals surface area contributed by atoms with Crippen LogP contribution >= 0.6 is 0 Å². The minimum atomic E-state index is -0.166. The molecule has 0 spiro atoms. The van der Waals surface area contributed by atoms with Crippen molar-refractivity contribution < 1.29 is 14.3 Å². The van der Waals surface area contributed by atoms with Crippen LogP contribution in [0.4, 0.5) is 11.4 Å². The Morgan fingerprint density at radius 3 is 2.64 bits per heavy atom. The number of morpholine rings is 1. The van der Waals surface area contributed by atoms with Crippen LogP contribution < -0.4 is 15.0 Å². The zero-order chi connectivity index (χ0) is 17.5. The molecule has 0 radical (unpaired) electrons. The molecule has 3 rings (SSSR count). The SMILES string of the molecule is CCc1cccc(OCC(=O)Nc2ccc(N3CCOCC3)cc2)c1. The summed E-state index contributed by atoms with van der Waals surface area (Å²) < 4.78 is 10.9. The average molecular weight is 340 g/mol. The highest BCUT2D eigenvalue weighted by atomic mass is 16.5. The maximum atomic E-state index is 12.1. The van der Waals surface area contributed by atoms with Gasteiger partial charge in [0.05, 0.1) is 13.2 Å². The molecule has 0 unspecified atom stereocenters. The van der Waals surface area contributed by atoms with Gasteiger partial charge in [0.15, 0.2) is 6.61 Å². The van der Waals surface area contributed by atoms with Crippen molar-refractivity contribution in [2.75, 3.05) is 43.1 Å². The molecule has 132 valence electrons. The van der Waals surface area contributed by atoms with Gasteiger partial charge in [0, 0.05) is 24.5 Å². The number of aryl methyl sites for hydroxylation is 1. The summed E-state index contributed by atoms with van der Waals surface area (Å²) in [4.78, 5) is 14.3. The fourth-order valence-electron chi connectivity index (χ4n) is 2.78. The molecule has 0 aliphatic carbocycles. The van der Waals surface area contributed by atoms with Gasteiger partial charge in [-0.05, 0) is 48.4 Å². The number of carbonyl (C=O) groups excluding carboxylic acids is 1. The van der Waals surface area contributed by atoms with E-state index in [4.69, 9.17) is 9.47 Å². The Labute approximate surface area is 148 Å². The number of hydrogen-bond acceptors (Lipinski definition) is 4. The van der Waals surface area contributed by atoms with Gasteiger partial charge in [0.25, 0.3) is 5.91 Å². The number of anilines is 2. The molecule has 2 aromatic rings. The van der Waals surface area contributed by atoms with Crippen molar-refractivity contribution in [2.24, 2.45) is 0 Å². The molecule has 2 aromatic carbocycles. The summed E-state index contributed by atoms with van der Waals surface area (Å²) in [7, 11) is 0. The summed E-state index contributed by atoms with van der Waals surface area (Å²) in [6.07, 6.45) is 0.943. The molecule has 1 saturated heterocycles. The van der Waals surface area contributed by atoms with Gasteiger partial charge in [-0.25, -0.2) is 0 Å². The topological polar surface area (TPSA) is 50.8 Å². The fourth-order valence-corrected chi connectivity index (χ4v) is 2.78. The van der Waals surface area contributed by atoms with Crippen LogP contribution in [-0.4, -0.2) is 38.8 Å². The van der Waals surface area contributed by atoms with Crippen molar-refractivity contribution in [3.05, 3.63) is 54.1 Å². The van der Waals surface area contributed by atoms with Gasteiger partial charge >= 0.3 is 0 Å². The van der Waals surface area contributed by atoms with E-state index in [0.29, 0.717) is 0 Å². The number of benzene rings is 2. The Hall–Kier alpha value is -2.53. The highest BCUT2D eigenvalue weighted by molar-refractivity contribution is 5.92. The third-order valence-corrected chi connectivity index (χ3v) is 4.20. The molecular formula is C20H24N2O3. The quantitative estimate of drug-likeness (QED) is 0.878. The van der Waals surface area contributed by atoms with Crippen LogP contribution in [0.1, 0.15) is 12.5 Å². The molecule has 1 fully saturated rings. The predicted octanol–water partition coefficient (Wildman–Crippen LogP) is 3.10. The lowest BCUT2D eigenvalue weighted by Crippen LogP contribution is -2.36. The maximum Gasteiger partial charge on any atom is 0.262 e. The summed E-state index contributed by atoms with van der Waals surface area (Å²) >= 11 is 0. The maximum absolute atomic E-state index is 12.1. The molecule has 1 amide bonds. The van der Waals surface area contributed by atoms with E-state index >= 15 is 0 Å². The van der Waals surface area contributed by atoms with Crippen LogP contribution in [0.5, 0.6) is 5.75 Å². The zero-order valence-corrected chi connectivity index (χ0v) is 14.5. The van der Waals surface area contributed by atoms with Crippen molar-refractivity contribution in [3.8, 4) is 5.75 Å². The van der Waals surface area contributed by atoms with Crippen molar-refractivity contribution in [2.45, 2.75) is 13.3 Å². The number of amides is 1. The van der Waals surface area contributed by atoms with Crippen molar-refractivity contribution in [1.29, 1.82) is 0 Å². The van der Waals surface area contributed by atoms with Crippen LogP contribution in [0, 0.1) is 0 Å². The number of rotatable bonds is 6. The van der Waals surface area contributed by atoms with Crippen molar-refractivity contribution in [3.63, 3.8) is 0 Å². The average Bonchev–Trinajstić information content (AvgIpc) is 2.68. The normalized spacial score (nSPS) is 14.2. The minimum Gasteiger partial charge on any atom is -0.484 e. The van der Waals surface area contributed by atoms with Crippen LogP contribution in [0.15, 0.2) is 48.5 Å².